The summed E-state index contributed by atoms with van der Waals surface area (Å²) in [7, 11) is 0. The molecule has 0 aromatic heterocycles. The topological polar surface area (TPSA) is 35.5 Å². The average molecular weight is 276 g/mol. The summed E-state index contributed by atoms with van der Waals surface area (Å²) >= 11 is 0. The fraction of sp³-hybridized carbons (Fsp3) is 0.588. The molecule has 3 unspecified atom stereocenters. The zero-order valence-corrected chi connectivity index (χ0v) is 12.7. The van der Waals surface area contributed by atoms with Gasteiger partial charge in [0.15, 0.2) is 0 Å². The zero-order chi connectivity index (χ0) is 14.7. The summed E-state index contributed by atoms with van der Waals surface area (Å²) in [5.41, 5.74) is 0.572. The van der Waals surface area contributed by atoms with E-state index in [9.17, 15) is 4.79 Å². The number of ether oxygens (including phenoxy) is 2. The molecule has 2 rings (SSSR count). The van der Waals surface area contributed by atoms with E-state index in [-0.39, 0.29) is 18.0 Å². The largest absolute Gasteiger partial charge is 0.432 e. The van der Waals surface area contributed by atoms with Gasteiger partial charge in [0, 0.05) is 5.92 Å². The molecular formula is C17H24O3. The third kappa shape index (κ3) is 3.04. The Morgan fingerprint density at radius 3 is 2.35 bits per heavy atom. The summed E-state index contributed by atoms with van der Waals surface area (Å²) in [5.74, 6) is 0.864. The van der Waals surface area contributed by atoms with Gasteiger partial charge in [0.2, 0.25) is 6.29 Å². The van der Waals surface area contributed by atoms with Crippen LogP contribution in [0.5, 0.6) is 0 Å². The molecule has 0 saturated carbocycles. The van der Waals surface area contributed by atoms with Crippen molar-refractivity contribution in [2.75, 3.05) is 0 Å². The van der Waals surface area contributed by atoms with Crippen LogP contribution in [0.4, 0.5) is 0 Å². The van der Waals surface area contributed by atoms with Crippen LogP contribution < -0.4 is 0 Å². The number of carbonyl (C=O) groups excluding carboxylic acids is 1. The van der Waals surface area contributed by atoms with Crippen molar-refractivity contribution in [1.82, 2.24) is 0 Å². The molecule has 1 aliphatic rings. The van der Waals surface area contributed by atoms with E-state index in [2.05, 4.69) is 27.7 Å². The lowest BCUT2D eigenvalue weighted by molar-refractivity contribution is -0.224. The second kappa shape index (κ2) is 6.40. The first-order valence-electron chi connectivity index (χ1n) is 7.46. The van der Waals surface area contributed by atoms with Gasteiger partial charge in [-0.25, -0.2) is 4.79 Å². The fourth-order valence-electron chi connectivity index (χ4n) is 2.84. The van der Waals surface area contributed by atoms with Crippen molar-refractivity contribution in [1.29, 1.82) is 0 Å². The Morgan fingerprint density at radius 2 is 1.75 bits per heavy atom. The van der Waals surface area contributed by atoms with Gasteiger partial charge in [0.1, 0.15) is 0 Å². The first-order valence-corrected chi connectivity index (χ1v) is 7.46. The Kier molecular flexibility index (Phi) is 4.81. The molecule has 0 radical (unpaired) electrons. The molecule has 1 aromatic carbocycles. The molecule has 3 heteroatoms. The summed E-state index contributed by atoms with van der Waals surface area (Å²) < 4.78 is 11.6. The van der Waals surface area contributed by atoms with Gasteiger partial charge in [0.25, 0.3) is 0 Å². The monoisotopic (exact) mass is 276 g/mol. The van der Waals surface area contributed by atoms with E-state index in [1.54, 1.807) is 12.1 Å². The van der Waals surface area contributed by atoms with E-state index in [0.717, 1.165) is 6.42 Å². The van der Waals surface area contributed by atoms with Crippen molar-refractivity contribution in [2.45, 2.75) is 46.5 Å². The summed E-state index contributed by atoms with van der Waals surface area (Å²) in [5, 5.41) is 0. The Hall–Kier alpha value is -1.35. The number of rotatable bonds is 3. The van der Waals surface area contributed by atoms with Crippen molar-refractivity contribution in [3.63, 3.8) is 0 Å². The molecule has 1 fully saturated rings. The van der Waals surface area contributed by atoms with Crippen molar-refractivity contribution >= 4 is 5.97 Å². The molecule has 0 amide bonds. The van der Waals surface area contributed by atoms with Gasteiger partial charge in [0.05, 0.1) is 11.7 Å². The summed E-state index contributed by atoms with van der Waals surface area (Å²) in [6.45, 7) is 8.63. The Morgan fingerprint density at radius 1 is 1.10 bits per heavy atom. The lowest BCUT2D eigenvalue weighted by Gasteiger charge is -2.42. The van der Waals surface area contributed by atoms with Crippen LogP contribution in [0.15, 0.2) is 30.3 Å². The molecular weight excluding hydrogens is 252 g/mol. The second-order valence-electron chi connectivity index (χ2n) is 5.80. The highest BCUT2D eigenvalue weighted by molar-refractivity contribution is 5.89. The minimum absolute atomic E-state index is 0.162. The van der Waals surface area contributed by atoms with Crippen molar-refractivity contribution in [3.8, 4) is 0 Å². The van der Waals surface area contributed by atoms with Crippen LogP contribution in [0, 0.1) is 17.8 Å². The Balaban J connectivity index is 2.06. The highest BCUT2D eigenvalue weighted by Gasteiger charge is 2.40. The van der Waals surface area contributed by atoms with Crippen LogP contribution >= 0.6 is 0 Å². The van der Waals surface area contributed by atoms with E-state index >= 15 is 0 Å². The maximum atomic E-state index is 12.1. The molecule has 0 N–H and O–H groups in total. The first-order chi connectivity index (χ1) is 9.54. The minimum Gasteiger partial charge on any atom is -0.432 e. The number of carbonyl (C=O) groups is 1. The lowest BCUT2D eigenvalue weighted by Crippen LogP contribution is -2.46. The van der Waals surface area contributed by atoms with E-state index in [4.69, 9.17) is 9.47 Å². The summed E-state index contributed by atoms with van der Waals surface area (Å²) in [6, 6.07) is 9.08. The van der Waals surface area contributed by atoms with Gasteiger partial charge >= 0.3 is 5.97 Å². The number of benzene rings is 1. The molecule has 0 bridgehead atoms. The Bertz CT molecular complexity index is 441. The SMILES string of the molecule is CCC1OC(OC(=O)c2ccccc2)C(C)[C@@H](C)[C@@H]1C. The molecule has 1 heterocycles. The van der Waals surface area contributed by atoms with Crippen LogP contribution in [-0.2, 0) is 9.47 Å². The smallest absolute Gasteiger partial charge is 0.340 e. The van der Waals surface area contributed by atoms with Gasteiger partial charge in [-0.3, -0.25) is 0 Å². The second-order valence-corrected chi connectivity index (χ2v) is 5.80. The molecule has 20 heavy (non-hydrogen) atoms. The van der Waals surface area contributed by atoms with E-state index in [1.807, 2.05) is 18.2 Å². The fourth-order valence-corrected chi connectivity index (χ4v) is 2.84. The highest BCUT2D eigenvalue weighted by atomic mass is 16.7. The zero-order valence-electron chi connectivity index (χ0n) is 12.7. The standard InChI is InChI=1S/C17H24O3/c1-5-15-12(3)11(2)13(4)17(19-15)20-16(18)14-9-7-6-8-10-14/h6-13,15,17H,5H2,1-4H3/t11-,12-,13?,15?,17?/m0/s1. The van der Waals surface area contributed by atoms with Crippen LogP contribution in [0.2, 0.25) is 0 Å². The van der Waals surface area contributed by atoms with Crippen molar-refractivity contribution in [3.05, 3.63) is 35.9 Å². The van der Waals surface area contributed by atoms with Gasteiger partial charge in [-0.15, -0.1) is 0 Å². The van der Waals surface area contributed by atoms with Crippen LogP contribution in [-0.4, -0.2) is 18.4 Å². The molecule has 110 valence electrons. The molecule has 0 aliphatic carbocycles. The number of hydrogen-bond donors (Lipinski definition) is 0. The molecule has 0 spiro atoms. The highest BCUT2D eigenvalue weighted by Crippen LogP contribution is 2.36. The van der Waals surface area contributed by atoms with Gasteiger partial charge in [-0.2, -0.15) is 0 Å². The third-order valence-corrected chi connectivity index (χ3v) is 4.62. The van der Waals surface area contributed by atoms with E-state index in [0.29, 0.717) is 17.4 Å². The molecule has 1 aliphatic heterocycles. The maximum Gasteiger partial charge on any atom is 0.340 e. The summed E-state index contributed by atoms with van der Waals surface area (Å²) in [6.07, 6.45) is 0.658. The minimum atomic E-state index is -0.446. The van der Waals surface area contributed by atoms with Crippen LogP contribution in [0.1, 0.15) is 44.5 Å². The van der Waals surface area contributed by atoms with Crippen molar-refractivity contribution in [2.24, 2.45) is 17.8 Å². The number of hydrogen-bond acceptors (Lipinski definition) is 3. The third-order valence-electron chi connectivity index (χ3n) is 4.62. The normalized spacial score (nSPS) is 33.7. The molecule has 1 saturated heterocycles. The van der Waals surface area contributed by atoms with Crippen molar-refractivity contribution < 1.29 is 14.3 Å². The lowest BCUT2D eigenvalue weighted by atomic mass is 9.78. The molecule has 3 nitrogen and oxygen atoms in total. The number of esters is 1. The average Bonchev–Trinajstić information content (AvgIpc) is 2.48. The predicted octanol–water partition coefficient (Wildman–Crippen LogP) is 3.89. The maximum absolute atomic E-state index is 12.1. The quantitative estimate of drug-likeness (QED) is 0.786. The molecule has 5 atom stereocenters. The van der Waals surface area contributed by atoms with E-state index < -0.39 is 6.29 Å². The van der Waals surface area contributed by atoms with Crippen LogP contribution in [0.25, 0.3) is 0 Å². The predicted molar refractivity (Wildman–Crippen MR) is 78.3 cm³/mol. The summed E-state index contributed by atoms with van der Waals surface area (Å²) in [4.78, 5) is 12.1. The van der Waals surface area contributed by atoms with Gasteiger partial charge in [-0.05, 0) is 30.4 Å². The first kappa shape index (κ1) is 15.0. The van der Waals surface area contributed by atoms with E-state index in [1.165, 1.54) is 0 Å². The molecule has 1 aromatic rings. The van der Waals surface area contributed by atoms with Crippen LogP contribution in [0.3, 0.4) is 0 Å². The Labute approximate surface area is 121 Å². The van der Waals surface area contributed by atoms with Gasteiger partial charge < -0.3 is 9.47 Å². The van der Waals surface area contributed by atoms with Gasteiger partial charge in [-0.1, -0.05) is 45.9 Å².